The van der Waals surface area contributed by atoms with E-state index in [0.29, 0.717) is 18.6 Å². The minimum absolute atomic E-state index is 0.0689. The zero-order valence-electron chi connectivity index (χ0n) is 13.9. The van der Waals surface area contributed by atoms with E-state index in [1.54, 1.807) is 0 Å². The molecule has 2 aromatic carbocycles. The number of ketones is 1. The number of carboxylic acids is 1. The molecule has 0 saturated heterocycles. The first-order valence-electron chi connectivity index (χ1n) is 7.75. The minimum Gasteiger partial charge on any atom is -0.507 e. The standard InChI is InChI=1S/C18H16O7S/c1-26(23,24)13-4-2-10(3-5-13)16(21)15-17(22)12(9-14(19)20)8-11-6-7-25-18(11)15/h2-5,8,22H,6-7,9H2,1H3,(H,19,20). The molecular weight excluding hydrogens is 360 g/mol. The van der Waals surface area contributed by atoms with Gasteiger partial charge < -0.3 is 14.9 Å². The number of carboxylic acid groups (broad SMARTS) is 1. The van der Waals surface area contributed by atoms with Gasteiger partial charge >= 0.3 is 5.97 Å². The second kappa shape index (κ2) is 6.45. The molecule has 0 aliphatic carbocycles. The third-order valence-electron chi connectivity index (χ3n) is 4.14. The van der Waals surface area contributed by atoms with E-state index in [1.165, 1.54) is 30.3 Å². The van der Waals surface area contributed by atoms with Crippen molar-refractivity contribution in [3.63, 3.8) is 0 Å². The van der Waals surface area contributed by atoms with Gasteiger partial charge in [-0.05, 0) is 35.9 Å². The topological polar surface area (TPSA) is 118 Å². The van der Waals surface area contributed by atoms with Crippen molar-refractivity contribution in [3.8, 4) is 11.5 Å². The van der Waals surface area contributed by atoms with Crippen LogP contribution in [0, 0.1) is 0 Å². The molecule has 0 unspecified atom stereocenters. The third kappa shape index (κ3) is 3.28. The van der Waals surface area contributed by atoms with Gasteiger partial charge in [-0.1, -0.05) is 0 Å². The number of phenolic OH excluding ortho intramolecular Hbond substituents is 1. The average molecular weight is 376 g/mol. The average Bonchev–Trinajstić information content (AvgIpc) is 3.01. The second-order valence-electron chi connectivity index (χ2n) is 6.04. The number of phenols is 1. The molecular formula is C18H16O7S. The first-order valence-corrected chi connectivity index (χ1v) is 9.64. The Kier molecular flexibility index (Phi) is 4.45. The van der Waals surface area contributed by atoms with E-state index < -0.39 is 33.8 Å². The van der Waals surface area contributed by atoms with Crippen molar-refractivity contribution >= 4 is 21.6 Å². The number of sulfone groups is 1. The summed E-state index contributed by atoms with van der Waals surface area (Å²) in [5.41, 5.74) is 0.870. The van der Waals surface area contributed by atoms with Gasteiger partial charge in [0.15, 0.2) is 9.84 Å². The van der Waals surface area contributed by atoms with Crippen molar-refractivity contribution in [1.82, 2.24) is 0 Å². The fourth-order valence-electron chi connectivity index (χ4n) is 2.89. The fourth-order valence-corrected chi connectivity index (χ4v) is 3.52. The Morgan fingerprint density at radius 1 is 1.19 bits per heavy atom. The highest BCUT2D eigenvalue weighted by Crippen LogP contribution is 2.40. The highest BCUT2D eigenvalue weighted by molar-refractivity contribution is 7.90. The summed E-state index contributed by atoms with van der Waals surface area (Å²) in [6.07, 6.45) is 1.15. The summed E-state index contributed by atoms with van der Waals surface area (Å²) in [5, 5.41) is 19.5. The largest absolute Gasteiger partial charge is 0.507 e. The van der Waals surface area contributed by atoms with Crippen LogP contribution in [0.5, 0.6) is 11.5 Å². The first-order chi connectivity index (χ1) is 12.2. The molecule has 26 heavy (non-hydrogen) atoms. The molecule has 7 nitrogen and oxygen atoms in total. The van der Waals surface area contributed by atoms with Crippen LogP contribution < -0.4 is 4.74 Å². The maximum Gasteiger partial charge on any atom is 0.307 e. The SMILES string of the molecule is CS(=O)(=O)c1ccc(C(=O)c2c(O)c(CC(=O)O)cc3c2OCC3)cc1. The normalized spacial score (nSPS) is 13.1. The predicted molar refractivity (Wildman–Crippen MR) is 91.6 cm³/mol. The monoisotopic (exact) mass is 376 g/mol. The number of rotatable bonds is 5. The number of fused-ring (bicyclic) bond motifs is 1. The van der Waals surface area contributed by atoms with E-state index in [9.17, 15) is 23.1 Å². The lowest BCUT2D eigenvalue weighted by Gasteiger charge is -2.13. The second-order valence-corrected chi connectivity index (χ2v) is 8.06. The Labute approximate surface area is 149 Å². The van der Waals surface area contributed by atoms with Gasteiger partial charge in [0.1, 0.15) is 17.1 Å². The summed E-state index contributed by atoms with van der Waals surface area (Å²) >= 11 is 0. The van der Waals surface area contributed by atoms with Crippen LogP contribution in [0.2, 0.25) is 0 Å². The van der Waals surface area contributed by atoms with Crippen LogP contribution in [0.1, 0.15) is 27.0 Å². The molecule has 0 aromatic heterocycles. The maximum absolute atomic E-state index is 12.9. The van der Waals surface area contributed by atoms with E-state index >= 15 is 0 Å². The molecule has 0 bridgehead atoms. The third-order valence-corrected chi connectivity index (χ3v) is 5.27. The number of ether oxygens (including phenoxy) is 1. The van der Waals surface area contributed by atoms with Gasteiger partial charge in [-0.3, -0.25) is 9.59 Å². The number of carbonyl (C=O) groups is 2. The predicted octanol–water partition coefficient (Wildman–Crippen LogP) is 1.59. The maximum atomic E-state index is 12.9. The van der Waals surface area contributed by atoms with Gasteiger partial charge in [0.05, 0.1) is 17.9 Å². The summed E-state index contributed by atoms with van der Waals surface area (Å²) in [4.78, 5) is 24.0. The molecule has 1 aliphatic rings. The van der Waals surface area contributed by atoms with Crippen LogP contribution in [-0.4, -0.2) is 43.2 Å². The van der Waals surface area contributed by atoms with Gasteiger partial charge in [-0.15, -0.1) is 0 Å². The Balaban J connectivity index is 2.09. The molecule has 0 radical (unpaired) electrons. The van der Waals surface area contributed by atoms with Crippen molar-refractivity contribution in [2.45, 2.75) is 17.7 Å². The molecule has 8 heteroatoms. The van der Waals surface area contributed by atoms with Crippen molar-refractivity contribution in [1.29, 1.82) is 0 Å². The first kappa shape index (κ1) is 17.9. The zero-order chi connectivity index (χ0) is 19.1. The van der Waals surface area contributed by atoms with Crippen LogP contribution in [0.25, 0.3) is 0 Å². The number of aromatic hydroxyl groups is 1. The van der Waals surface area contributed by atoms with Crippen LogP contribution in [0.3, 0.4) is 0 Å². The molecule has 0 spiro atoms. The molecule has 0 amide bonds. The van der Waals surface area contributed by atoms with Crippen molar-refractivity contribution in [3.05, 3.63) is 52.6 Å². The van der Waals surface area contributed by atoms with Gasteiger partial charge in [-0.25, -0.2) is 8.42 Å². The summed E-state index contributed by atoms with van der Waals surface area (Å²) in [5.74, 6) is -1.87. The van der Waals surface area contributed by atoms with E-state index in [2.05, 4.69) is 0 Å². The lowest BCUT2D eigenvalue weighted by molar-refractivity contribution is -0.136. The summed E-state index contributed by atoms with van der Waals surface area (Å²) in [6, 6.07) is 6.85. The summed E-state index contributed by atoms with van der Waals surface area (Å²) < 4.78 is 28.5. The van der Waals surface area contributed by atoms with Crippen molar-refractivity contribution in [2.75, 3.05) is 12.9 Å². The number of aliphatic carboxylic acids is 1. The molecule has 2 N–H and O–H groups in total. The quantitative estimate of drug-likeness (QED) is 0.761. The van der Waals surface area contributed by atoms with Gasteiger partial charge in [-0.2, -0.15) is 0 Å². The molecule has 2 aromatic rings. The summed E-state index contributed by atoms with van der Waals surface area (Å²) in [7, 11) is -3.40. The lowest BCUT2D eigenvalue weighted by Crippen LogP contribution is -2.08. The Hall–Kier alpha value is -2.87. The van der Waals surface area contributed by atoms with Crippen LogP contribution >= 0.6 is 0 Å². The van der Waals surface area contributed by atoms with Crippen LogP contribution in [-0.2, 0) is 27.5 Å². The molecule has 136 valence electrons. The van der Waals surface area contributed by atoms with E-state index in [1.807, 2.05) is 0 Å². The fraction of sp³-hybridized carbons (Fsp3) is 0.222. The van der Waals surface area contributed by atoms with E-state index in [4.69, 9.17) is 9.84 Å². The molecule has 3 rings (SSSR count). The van der Waals surface area contributed by atoms with Crippen LogP contribution in [0.4, 0.5) is 0 Å². The molecule has 1 aliphatic heterocycles. The Morgan fingerprint density at radius 2 is 1.85 bits per heavy atom. The van der Waals surface area contributed by atoms with Gasteiger partial charge in [0, 0.05) is 23.8 Å². The van der Waals surface area contributed by atoms with E-state index in [0.717, 1.165) is 6.26 Å². The van der Waals surface area contributed by atoms with Gasteiger partial charge in [0.2, 0.25) is 5.78 Å². The highest BCUT2D eigenvalue weighted by atomic mass is 32.2. The molecule has 0 saturated carbocycles. The van der Waals surface area contributed by atoms with Crippen molar-refractivity contribution < 1.29 is 33.0 Å². The van der Waals surface area contributed by atoms with Gasteiger partial charge in [0.25, 0.3) is 0 Å². The summed E-state index contributed by atoms with van der Waals surface area (Å²) in [6.45, 7) is 0.332. The number of hydrogen-bond donors (Lipinski definition) is 2. The zero-order valence-corrected chi connectivity index (χ0v) is 14.7. The number of benzene rings is 2. The van der Waals surface area contributed by atoms with Crippen LogP contribution in [0.15, 0.2) is 35.2 Å². The van der Waals surface area contributed by atoms with E-state index in [-0.39, 0.29) is 27.3 Å². The Morgan fingerprint density at radius 3 is 2.42 bits per heavy atom. The lowest BCUT2D eigenvalue weighted by atomic mass is 9.94. The highest BCUT2D eigenvalue weighted by Gasteiger charge is 2.28. The molecule has 1 heterocycles. The number of hydrogen-bond acceptors (Lipinski definition) is 6. The number of carbonyl (C=O) groups excluding carboxylic acids is 1. The molecule has 0 atom stereocenters. The Bertz CT molecular complexity index is 1000. The molecule has 0 fully saturated rings. The van der Waals surface area contributed by atoms with Crippen molar-refractivity contribution in [2.24, 2.45) is 0 Å². The minimum atomic E-state index is -3.40. The smallest absolute Gasteiger partial charge is 0.307 e.